The third-order valence-electron chi connectivity index (χ3n) is 8.33. The number of hydrogen-bond acceptors (Lipinski definition) is 5. The minimum absolute atomic E-state index is 0.0924. The first-order chi connectivity index (χ1) is 21.5. The van der Waals surface area contributed by atoms with Gasteiger partial charge in [-0.15, -0.1) is 0 Å². The van der Waals surface area contributed by atoms with E-state index in [1.54, 1.807) is 9.80 Å². The number of carbonyl (C=O) groups excluding carboxylic acids is 2. The van der Waals surface area contributed by atoms with Gasteiger partial charge in [-0.25, -0.2) is 14.4 Å². The highest BCUT2D eigenvalue weighted by Crippen LogP contribution is 2.37. The van der Waals surface area contributed by atoms with Gasteiger partial charge in [0.15, 0.2) is 0 Å². The van der Waals surface area contributed by atoms with Gasteiger partial charge in [0, 0.05) is 25.6 Å². The number of carboxylic acids is 1. The monoisotopic (exact) mass is 608 g/mol. The molecule has 0 spiro atoms. The van der Waals surface area contributed by atoms with Gasteiger partial charge >= 0.3 is 18.2 Å². The summed E-state index contributed by atoms with van der Waals surface area (Å²) >= 11 is 0. The van der Waals surface area contributed by atoms with Gasteiger partial charge in [0.05, 0.1) is 11.6 Å². The van der Waals surface area contributed by atoms with Crippen molar-refractivity contribution in [1.29, 1.82) is 0 Å². The highest BCUT2D eigenvalue weighted by Gasteiger charge is 2.38. The summed E-state index contributed by atoms with van der Waals surface area (Å²) in [6, 6.07) is 29.9. The van der Waals surface area contributed by atoms with Gasteiger partial charge in [0.25, 0.3) is 0 Å². The summed E-state index contributed by atoms with van der Waals surface area (Å²) in [5.74, 6) is -0.805. The number of benzene rings is 4. The van der Waals surface area contributed by atoms with E-state index in [1.807, 2.05) is 64.1 Å². The van der Waals surface area contributed by atoms with Gasteiger partial charge in [-0.05, 0) is 86.2 Å². The zero-order valence-electron chi connectivity index (χ0n) is 26.2. The van der Waals surface area contributed by atoms with Gasteiger partial charge in [0.1, 0.15) is 11.4 Å². The second-order valence-corrected chi connectivity index (χ2v) is 12.6. The third-order valence-corrected chi connectivity index (χ3v) is 8.33. The number of nitrogens with zero attached hydrogens (tertiary/aromatic N) is 2. The van der Waals surface area contributed by atoms with E-state index in [4.69, 9.17) is 9.47 Å². The maximum absolute atomic E-state index is 13.9. The van der Waals surface area contributed by atoms with Gasteiger partial charge in [-0.3, -0.25) is 0 Å². The molecule has 0 saturated carbocycles. The lowest BCUT2D eigenvalue weighted by Crippen LogP contribution is -2.49. The number of amides is 2. The van der Waals surface area contributed by atoms with E-state index >= 15 is 0 Å². The molecule has 5 rings (SSSR count). The van der Waals surface area contributed by atoms with Crippen molar-refractivity contribution in [3.63, 3.8) is 0 Å². The Bertz CT molecular complexity index is 1640. The highest BCUT2D eigenvalue weighted by molar-refractivity contribution is 5.88. The van der Waals surface area contributed by atoms with Gasteiger partial charge in [0.2, 0.25) is 0 Å². The van der Waals surface area contributed by atoms with E-state index in [0.29, 0.717) is 26.1 Å². The van der Waals surface area contributed by atoms with Crippen molar-refractivity contribution >= 4 is 28.9 Å². The van der Waals surface area contributed by atoms with E-state index < -0.39 is 23.8 Å². The minimum atomic E-state index is -1.05. The Labute approximate surface area is 264 Å². The first-order valence-corrected chi connectivity index (χ1v) is 15.3. The summed E-state index contributed by atoms with van der Waals surface area (Å²) in [6.45, 7) is 8.81. The minimum Gasteiger partial charge on any atom is -0.478 e. The second-order valence-electron chi connectivity index (χ2n) is 12.6. The van der Waals surface area contributed by atoms with Gasteiger partial charge < -0.3 is 24.4 Å². The number of fused-ring (bicyclic) bond motifs is 1. The number of likely N-dealkylation sites (tertiary alicyclic amines) is 1. The molecule has 1 aliphatic heterocycles. The maximum atomic E-state index is 13.9. The topological polar surface area (TPSA) is 96.4 Å². The van der Waals surface area contributed by atoms with Crippen molar-refractivity contribution in [3.05, 3.63) is 114 Å². The lowest BCUT2D eigenvalue weighted by molar-refractivity contribution is 0.00924. The van der Waals surface area contributed by atoms with Crippen molar-refractivity contribution in [1.82, 2.24) is 9.80 Å². The van der Waals surface area contributed by atoms with Crippen LogP contribution in [0.1, 0.15) is 67.6 Å². The molecule has 8 heteroatoms. The van der Waals surface area contributed by atoms with Crippen LogP contribution in [0.5, 0.6) is 5.75 Å². The molecule has 4 aromatic carbocycles. The summed E-state index contributed by atoms with van der Waals surface area (Å²) in [4.78, 5) is 42.0. The maximum Gasteiger partial charge on any atom is 0.415 e. The molecule has 45 heavy (non-hydrogen) atoms. The fourth-order valence-electron chi connectivity index (χ4n) is 6.10. The second kappa shape index (κ2) is 13.4. The molecule has 234 valence electrons. The van der Waals surface area contributed by atoms with Crippen molar-refractivity contribution in [2.45, 2.75) is 51.7 Å². The fourth-order valence-corrected chi connectivity index (χ4v) is 6.10. The SMILES string of the molecule is C[C@H](c1cccc2ccccc12)N(CC1CN(C(=O)Oc2ccc(C(=O)O)cc2)CCC1c1ccccc1)C(=O)OC(C)(C)C. The number of carbonyl (C=O) groups is 3. The number of aromatic carboxylic acids is 1. The normalized spacial score (nSPS) is 17.4. The van der Waals surface area contributed by atoms with Crippen molar-refractivity contribution in [2.24, 2.45) is 5.92 Å². The van der Waals surface area contributed by atoms with Crippen molar-refractivity contribution < 1.29 is 29.0 Å². The Kier molecular flexibility index (Phi) is 9.42. The van der Waals surface area contributed by atoms with E-state index in [0.717, 1.165) is 21.9 Å². The molecule has 0 aromatic heterocycles. The molecule has 1 aliphatic rings. The molecule has 1 fully saturated rings. The van der Waals surface area contributed by atoms with E-state index in [-0.39, 0.29) is 29.2 Å². The molecule has 0 bridgehead atoms. The largest absolute Gasteiger partial charge is 0.478 e. The zero-order valence-corrected chi connectivity index (χ0v) is 26.2. The molecule has 2 amide bonds. The van der Waals surface area contributed by atoms with Crippen LogP contribution in [0, 0.1) is 5.92 Å². The van der Waals surface area contributed by atoms with E-state index in [2.05, 4.69) is 36.4 Å². The molecule has 3 atom stereocenters. The van der Waals surface area contributed by atoms with Crippen LogP contribution in [0.2, 0.25) is 0 Å². The number of hydrogen-bond donors (Lipinski definition) is 1. The number of ether oxygens (including phenoxy) is 2. The van der Waals surface area contributed by atoms with E-state index in [9.17, 15) is 19.5 Å². The van der Waals surface area contributed by atoms with Crippen LogP contribution >= 0.6 is 0 Å². The third kappa shape index (κ3) is 7.63. The van der Waals surface area contributed by atoms with E-state index in [1.165, 1.54) is 24.3 Å². The Morgan fingerprint density at radius 1 is 0.911 bits per heavy atom. The molecule has 0 radical (unpaired) electrons. The Balaban J connectivity index is 1.45. The predicted molar refractivity (Wildman–Crippen MR) is 174 cm³/mol. The molecule has 1 heterocycles. The van der Waals surface area contributed by atoms with Crippen LogP contribution in [0.15, 0.2) is 97.1 Å². The summed E-state index contributed by atoms with van der Waals surface area (Å²) in [7, 11) is 0. The number of carboxylic acid groups (broad SMARTS) is 1. The molecular formula is C37H40N2O6. The fraction of sp³-hybridized carbons (Fsp3) is 0.324. The summed E-state index contributed by atoms with van der Waals surface area (Å²) < 4.78 is 11.6. The molecule has 0 aliphatic carbocycles. The number of rotatable bonds is 7. The molecular weight excluding hydrogens is 568 g/mol. The summed E-state index contributed by atoms with van der Waals surface area (Å²) in [5, 5.41) is 11.4. The Hall–Kier alpha value is -4.85. The Morgan fingerprint density at radius 3 is 2.27 bits per heavy atom. The van der Waals surface area contributed by atoms with Gasteiger partial charge in [-0.2, -0.15) is 0 Å². The standard InChI is InChI=1S/C37H40N2O6/c1-25(31-16-10-14-27-13-8-9-15-33(27)31)39(36(43)45-37(2,3)4)24-29-23-38(22-21-32(29)26-11-6-5-7-12-26)35(42)44-30-19-17-28(18-20-30)34(40)41/h5-20,25,29,32H,21-24H2,1-4H3,(H,40,41)/t25-,29?,32?/m1/s1. The molecule has 1 saturated heterocycles. The van der Waals surface area contributed by atoms with Crippen molar-refractivity contribution in [3.8, 4) is 5.75 Å². The van der Waals surface area contributed by atoms with Crippen LogP contribution in [0.4, 0.5) is 9.59 Å². The lowest BCUT2D eigenvalue weighted by Gasteiger charge is -2.42. The van der Waals surface area contributed by atoms with Crippen LogP contribution in [0.3, 0.4) is 0 Å². The smallest absolute Gasteiger partial charge is 0.415 e. The quantitative estimate of drug-likeness (QED) is 0.228. The van der Waals surface area contributed by atoms with Crippen LogP contribution < -0.4 is 4.74 Å². The highest BCUT2D eigenvalue weighted by atomic mass is 16.6. The van der Waals surface area contributed by atoms with Crippen LogP contribution in [-0.2, 0) is 4.74 Å². The molecule has 4 aromatic rings. The van der Waals surface area contributed by atoms with Crippen LogP contribution in [-0.4, -0.2) is 58.3 Å². The summed E-state index contributed by atoms with van der Waals surface area (Å²) in [6.07, 6.45) is -0.236. The average Bonchev–Trinajstić information content (AvgIpc) is 3.02. The predicted octanol–water partition coefficient (Wildman–Crippen LogP) is 8.14. The van der Waals surface area contributed by atoms with Crippen LogP contribution in [0.25, 0.3) is 10.8 Å². The average molecular weight is 609 g/mol. The van der Waals surface area contributed by atoms with Crippen molar-refractivity contribution in [2.75, 3.05) is 19.6 Å². The molecule has 2 unspecified atom stereocenters. The first-order valence-electron chi connectivity index (χ1n) is 15.3. The Morgan fingerprint density at radius 2 is 1.58 bits per heavy atom. The summed E-state index contributed by atoms with van der Waals surface area (Å²) in [5.41, 5.74) is 1.60. The van der Waals surface area contributed by atoms with Gasteiger partial charge in [-0.1, -0.05) is 72.8 Å². The number of piperidine rings is 1. The molecule has 1 N–H and O–H groups in total. The first kappa shape index (κ1) is 31.6. The zero-order chi connectivity index (χ0) is 32.1. The lowest BCUT2D eigenvalue weighted by atomic mass is 9.80. The molecule has 8 nitrogen and oxygen atoms in total.